The van der Waals surface area contributed by atoms with Crippen LogP contribution in [0.3, 0.4) is 0 Å². The minimum Gasteiger partial charge on any atom is -0.438 e. The van der Waals surface area contributed by atoms with Crippen LogP contribution in [0, 0.1) is 0 Å². The Morgan fingerprint density at radius 1 is 1.64 bits per heavy atom. The molecule has 1 fully saturated rings. The number of hydrogen-bond donors (Lipinski definition) is 1. The van der Waals surface area contributed by atoms with Gasteiger partial charge in [-0.05, 0) is 13.8 Å². The van der Waals surface area contributed by atoms with Crippen molar-refractivity contribution in [2.75, 3.05) is 13.1 Å². The zero-order chi connectivity index (χ0) is 10.1. The standard InChI is InChI=1S/C7H12N2O4.K/c1-7(2)5(10)9(4-3-8-7)13-6(11)12;/h8H,3-4H2,1-2H3,(H,11,12);/q;+1/p-1. The van der Waals surface area contributed by atoms with Crippen molar-refractivity contribution in [1.82, 2.24) is 10.4 Å². The van der Waals surface area contributed by atoms with Crippen molar-refractivity contribution in [2.24, 2.45) is 0 Å². The predicted octanol–water partition coefficient (Wildman–Crippen LogP) is -4.52. The maximum Gasteiger partial charge on any atom is 1.00 e. The first-order chi connectivity index (χ1) is 5.93. The fourth-order valence-electron chi connectivity index (χ4n) is 1.14. The summed E-state index contributed by atoms with van der Waals surface area (Å²) in [4.78, 5) is 25.7. The largest absolute Gasteiger partial charge is 1.00 e. The van der Waals surface area contributed by atoms with Crippen LogP contribution in [0.5, 0.6) is 0 Å². The van der Waals surface area contributed by atoms with E-state index in [-0.39, 0.29) is 57.9 Å². The molecule has 0 aromatic carbocycles. The van der Waals surface area contributed by atoms with E-state index in [1.165, 1.54) is 0 Å². The summed E-state index contributed by atoms with van der Waals surface area (Å²) in [5.74, 6) is -0.414. The smallest absolute Gasteiger partial charge is 0.438 e. The second-order valence-corrected chi connectivity index (χ2v) is 3.30. The number of carbonyl (C=O) groups is 2. The minimum atomic E-state index is -1.72. The number of hydroxylamine groups is 2. The molecular weight excluding hydrogens is 215 g/mol. The van der Waals surface area contributed by atoms with Gasteiger partial charge in [0.15, 0.2) is 0 Å². The summed E-state index contributed by atoms with van der Waals surface area (Å²) >= 11 is 0. The molecule has 1 saturated heterocycles. The molecule has 0 aromatic heterocycles. The van der Waals surface area contributed by atoms with Crippen LogP contribution in [0.2, 0.25) is 0 Å². The Balaban J connectivity index is 0.00000169. The molecule has 0 bridgehead atoms. The van der Waals surface area contributed by atoms with Gasteiger partial charge < -0.3 is 20.1 Å². The van der Waals surface area contributed by atoms with E-state index in [4.69, 9.17) is 0 Å². The molecule has 7 heteroatoms. The van der Waals surface area contributed by atoms with Gasteiger partial charge in [0.2, 0.25) is 0 Å². The van der Waals surface area contributed by atoms with Crippen molar-refractivity contribution < 1.29 is 70.9 Å². The maximum atomic E-state index is 11.4. The van der Waals surface area contributed by atoms with Crippen LogP contribution >= 0.6 is 0 Å². The molecule has 0 spiro atoms. The van der Waals surface area contributed by atoms with E-state index in [2.05, 4.69) is 10.2 Å². The van der Waals surface area contributed by atoms with Crippen LogP contribution in [0.25, 0.3) is 0 Å². The molecule has 1 amide bonds. The molecule has 0 aliphatic carbocycles. The fourth-order valence-corrected chi connectivity index (χ4v) is 1.14. The molecular formula is C7H11KN2O4. The Labute approximate surface area is 124 Å². The summed E-state index contributed by atoms with van der Waals surface area (Å²) in [6, 6.07) is 0. The number of piperazine rings is 1. The number of hydrogen-bond acceptors (Lipinski definition) is 5. The van der Waals surface area contributed by atoms with Gasteiger partial charge in [-0.25, -0.2) is 5.06 Å². The molecule has 0 radical (unpaired) electrons. The van der Waals surface area contributed by atoms with Crippen molar-refractivity contribution in [3.05, 3.63) is 0 Å². The van der Waals surface area contributed by atoms with Crippen LogP contribution in [-0.2, 0) is 9.63 Å². The van der Waals surface area contributed by atoms with Gasteiger partial charge in [-0.3, -0.25) is 4.79 Å². The molecule has 0 unspecified atom stereocenters. The normalized spacial score (nSPS) is 19.9. The zero-order valence-corrected chi connectivity index (χ0v) is 11.6. The third-order valence-corrected chi connectivity index (χ3v) is 1.83. The van der Waals surface area contributed by atoms with Crippen molar-refractivity contribution in [3.63, 3.8) is 0 Å². The molecule has 74 valence electrons. The molecule has 0 atom stereocenters. The van der Waals surface area contributed by atoms with Crippen LogP contribution in [0.4, 0.5) is 4.79 Å². The molecule has 0 aromatic rings. The van der Waals surface area contributed by atoms with Gasteiger partial charge in [0, 0.05) is 6.54 Å². The van der Waals surface area contributed by atoms with Crippen LogP contribution in [0.15, 0.2) is 0 Å². The number of carboxylic acid groups (broad SMARTS) is 1. The van der Waals surface area contributed by atoms with Gasteiger partial charge in [-0.2, -0.15) is 0 Å². The average molecular weight is 226 g/mol. The predicted molar refractivity (Wildman–Crippen MR) is 40.3 cm³/mol. The second-order valence-electron chi connectivity index (χ2n) is 3.30. The van der Waals surface area contributed by atoms with E-state index < -0.39 is 17.6 Å². The quantitative estimate of drug-likeness (QED) is 0.456. The first-order valence-corrected chi connectivity index (χ1v) is 3.89. The second kappa shape index (κ2) is 5.43. The summed E-state index contributed by atoms with van der Waals surface area (Å²) in [5.41, 5.74) is -0.784. The van der Waals surface area contributed by atoms with Gasteiger partial charge in [-0.1, -0.05) is 0 Å². The van der Waals surface area contributed by atoms with Gasteiger partial charge in [0.25, 0.3) is 12.1 Å². The Hall–Kier alpha value is 0.336. The number of rotatable bonds is 1. The maximum absolute atomic E-state index is 11.4. The summed E-state index contributed by atoms with van der Waals surface area (Å²) in [6.45, 7) is 4.00. The van der Waals surface area contributed by atoms with Crippen LogP contribution < -0.4 is 61.8 Å². The van der Waals surface area contributed by atoms with Crippen molar-refractivity contribution in [1.29, 1.82) is 0 Å². The van der Waals surface area contributed by atoms with E-state index in [0.29, 0.717) is 6.54 Å². The van der Waals surface area contributed by atoms with Gasteiger partial charge in [-0.15, -0.1) is 0 Å². The molecule has 1 aliphatic rings. The number of nitrogens with one attached hydrogen (secondary N) is 1. The van der Waals surface area contributed by atoms with Gasteiger partial charge in [0.05, 0.1) is 12.1 Å². The Bertz CT molecular complexity index is 244. The number of carbonyl (C=O) groups excluding carboxylic acids is 2. The average Bonchev–Trinajstić information content (AvgIpc) is 1.98. The Morgan fingerprint density at radius 3 is 2.71 bits per heavy atom. The van der Waals surface area contributed by atoms with E-state index >= 15 is 0 Å². The summed E-state index contributed by atoms with van der Waals surface area (Å²) in [6.07, 6.45) is -1.72. The molecule has 1 N–H and O–H groups in total. The Kier molecular flexibility index (Phi) is 5.56. The molecule has 0 saturated carbocycles. The molecule has 1 rings (SSSR count). The first kappa shape index (κ1) is 14.3. The van der Waals surface area contributed by atoms with Crippen molar-refractivity contribution in [3.8, 4) is 0 Å². The molecule has 1 aliphatic heterocycles. The third kappa shape index (κ3) is 3.48. The minimum absolute atomic E-state index is 0. The van der Waals surface area contributed by atoms with E-state index in [1.807, 2.05) is 0 Å². The molecule has 1 heterocycles. The zero-order valence-electron chi connectivity index (χ0n) is 8.49. The molecule has 6 nitrogen and oxygen atoms in total. The molecule has 14 heavy (non-hydrogen) atoms. The fraction of sp³-hybridized carbons (Fsp3) is 0.714. The SMILES string of the molecule is CC1(C)NCCN(OC(=O)[O-])C1=O.[K+]. The van der Waals surface area contributed by atoms with Crippen molar-refractivity contribution in [2.45, 2.75) is 19.4 Å². The number of amides is 1. The monoisotopic (exact) mass is 226 g/mol. The summed E-state index contributed by atoms with van der Waals surface area (Å²) in [5, 5.41) is 13.8. The first-order valence-electron chi connectivity index (χ1n) is 3.89. The topological polar surface area (TPSA) is 81.7 Å². The summed E-state index contributed by atoms with van der Waals surface area (Å²) < 4.78 is 0. The van der Waals surface area contributed by atoms with Crippen LogP contribution in [-0.4, -0.2) is 35.8 Å². The third-order valence-electron chi connectivity index (χ3n) is 1.83. The summed E-state index contributed by atoms with van der Waals surface area (Å²) in [7, 11) is 0. The van der Waals surface area contributed by atoms with E-state index in [9.17, 15) is 14.7 Å². The van der Waals surface area contributed by atoms with E-state index in [0.717, 1.165) is 5.06 Å². The Morgan fingerprint density at radius 2 is 2.21 bits per heavy atom. The van der Waals surface area contributed by atoms with Gasteiger partial charge in [0.1, 0.15) is 0 Å². The number of nitrogens with zero attached hydrogens (tertiary/aromatic N) is 1. The van der Waals surface area contributed by atoms with E-state index in [1.54, 1.807) is 13.8 Å². The van der Waals surface area contributed by atoms with Crippen molar-refractivity contribution >= 4 is 12.1 Å². The van der Waals surface area contributed by atoms with Gasteiger partial charge >= 0.3 is 51.4 Å². The van der Waals surface area contributed by atoms with Crippen LogP contribution in [0.1, 0.15) is 13.8 Å².